The van der Waals surface area contributed by atoms with Gasteiger partial charge in [-0.25, -0.2) is 14.7 Å². The van der Waals surface area contributed by atoms with Crippen molar-refractivity contribution in [2.45, 2.75) is 32.1 Å². The number of ether oxygens (including phenoxy) is 1. The number of amides is 1. The molecule has 1 aromatic heterocycles. The molecule has 0 aliphatic heterocycles. The van der Waals surface area contributed by atoms with Crippen LogP contribution in [0.25, 0.3) is 0 Å². The summed E-state index contributed by atoms with van der Waals surface area (Å²) in [5.41, 5.74) is 0.724. The minimum absolute atomic E-state index is 0.401. The molecule has 0 bridgehead atoms. The number of carbonyl (C=O) groups excluding carboxylic acids is 1. The van der Waals surface area contributed by atoms with Crippen molar-refractivity contribution in [2.75, 3.05) is 11.5 Å². The predicted molar refractivity (Wildman–Crippen MR) is 88.5 cm³/mol. The minimum Gasteiger partial charge on any atom is -0.449 e. The van der Waals surface area contributed by atoms with Crippen LogP contribution in [0.3, 0.4) is 0 Å². The Morgan fingerprint density at radius 1 is 1.13 bits per heavy atom. The van der Waals surface area contributed by atoms with Gasteiger partial charge in [-0.1, -0.05) is 37.5 Å². The summed E-state index contributed by atoms with van der Waals surface area (Å²) in [4.78, 5) is 22.4. The first kappa shape index (κ1) is 15.5. The molecule has 0 N–H and O–H groups in total. The fourth-order valence-corrected chi connectivity index (χ4v) is 2.92. The van der Waals surface area contributed by atoms with E-state index in [9.17, 15) is 4.79 Å². The van der Waals surface area contributed by atoms with E-state index in [0.29, 0.717) is 18.3 Å². The lowest BCUT2D eigenvalue weighted by atomic mass is 9.90. The molecule has 1 amide bonds. The number of hydrogen-bond acceptors (Lipinski definition) is 4. The number of benzene rings is 1. The molecule has 1 fully saturated rings. The van der Waals surface area contributed by atoms with E-state index in [-0.39, 0.29) is 0 Å². The zero-order valence-electron chi connectivity index (χ0n) is 13.1. The van der Waals surface area contributed by atoms with Gasteiger partial charge in [-0.3, -0.25) is 4.98 Å². The van der Waals surface area contributed by atoms with Crippen molar-refractivity contribution >= 4 is 17.6 Å². The normalized spacial score (nSPS) is 15.1. The SMILES string of the molecule is O=C(OCC1CCCCC1)N(c1ccccc1)c1cnccn1. The van der Waals surface area contributed by atoms with Crippen molar-refractivity contribution in [3.05, 3.63) is 48.9 Å². The van der Waals surface area contributed by atoms with Gasteiger partial charge in [0.25, 0.3) is 0 Å². The monoisotopic (exact) mass is 311 g/mol. The average molecular weight is 311 g/mol. The van der Waals surface area contributed by atoms with E-state index < -0.39 is 6.09 Å². The van der Waals surface area contributed by atoms with Crippen LogP contribution < -0.4 is 4.90 Å². The highest BCUT2D eigenvalue weighted by molar-refractivity contribution is 5.94. The highest BCUT2D eigenvalue weighted by Gasteiger charge is 2.23. The Balaban J connectivity index is 1.74. The summed E-state index contributed by atoms with van der Waals surface area (Å²) in [6.07, 6.45) is 10.4. The van der Waals surface area contributed by atoms with Crippen molar-refractivity contribution in [2.24, 2.45) is 5.92 Å². The van der Waals surface area contributed by atoms with Crippen molar-refractivity contribution in [3.8, 4) is 0 Å². The van der Waals surface area contributed by atoms with E-state index in [4.69, 9.17) is 4.74 Å². The lowest BCUT2D eigenvalue weighted by Crippen LogP contribution is -2.29. The second-order valence-corrected chi connectivity index (χ2v) is 5.82. The summed E-state index contributed by atoms with van der Waals surface area (Å²) in [5.74, 6) is 0.944. The van der Waals surface area contributed by atoms with Gasteiger partial charge in [-0.2, -0.15) is 0 Å². The first-order valence-corrected chi connectivity index (χ1v) is 8.12. The van der Waals surface area contributed by atoms with E-state index in [1.807, 2.05) is 30.3 Å². The van der Waals surface area contributed by atoms with Gasteiger partial charge >= 0.3 is 6.09 Å². The smallest absolute Gasteiger partial charge is 0.420 e. The molecule has 5 nitrogen and oxygen atoms in total. The molecule has 1 aliphatic carbocycles. The zero-order valence-corrected chi connectivity index (χ0v) is 13.1. The quantitative estimate of drug-likeness (QED) is 0.843. The molecule has 23 heavy (non-hydrogen) atoms. The Morgan fingerprint density at radius 2 is 1.91 bits per heavy atom. The molecule has 1 heterocycles. The molecule has 120 valence electrons. The van der Waals surface area contributed by atoms with Gasteiger partial charge in [0.15, 0.2) is 5.82 Å². The number of aromatic nitrogens is 2. The van der Waals surface area contributed by atoms with Crippen molar-refractivity contribution in [1.29, 1.82) is 0 Å². The van der Waals surface area contributed by atoms with E-state index >= 15 is 0 Å². The first-order chi connectivity index (χ1) is 11.3. The van der Waals surface area contributed by atoms with Crippen molar-refractivity contribution < 1.29 is 9.53 Å². The fourth-order valence-electron chi connectivity index (χ4n) is 2.92. The van der Waals surface area contributed by atoms with Crippen molar-refractivity contribution in [3.63, 3.8) is 0 Å². The molecule has 1 aromatic carbocycles. The average Bonchev–Trinajstić information content (AvgIpc) is 2.63. The second kappa shape index (κ2) is 7.72. The van der Waals surface area contributed by atoms with Gasteiger partial charge in [-0.15, -0.1) is 0 Å². The van der Waals surface area contributed by atoms with Crippen molar-refractivity contribution in [1.82, 2.24) is 9.97 Å². The molecule has 0 spiro atoms. The standard InChI is InChI=1S/C18H21N3O2/c22-18(23-14-15-7-3-1-4-8-15)21(16-9-5-2-6-10-16)17-13-19-11-12-20-17/h2,5-6,9-13,15H,1,3-4,7-8,14H2. The number of rotatable bonds is 4. The largest absolute Gasteiger partial charge is 0.449 e. The van der Waals surface area contributed by atoms with Gasteiger partial charge in [0, 0.05) is 12.4 Å². The summed E-state index contributed by atoms with van der Waals surface area (Å²) < 4.78 is 5.57. The summed E-state index contributed by atoms with van der Waals surface area (Å²) >= 11 is 0. The summed E-state index contributed by atoms with van der Waals surface area (Å²) in [6, 6.07) is 9.39. The third kappa shape index (κ3) is 4.06. The number of hydrogen-bond donors (Lipinski definition) is 0. The molecule has 1 aliphatic rings. The Labute approximate surface area is 136 Å². The molecule has 1 saturated carbocycles. The van der Waals surface area contributed by atoms with Crippen LogP contribution in [0.1, 0.15) is 32.1 Å². The Morgan fingerprint density at radius 3 is 2.61 bits per heavy atom. The molecule has 3 rings (SSSR count). The van der Waals surface area contributed by atoms with Crippen LogP contribution >= 0.6 is 0 Å². The minimum atomic E-state index is -0.401. The molecule has 0 radical (unpaired) electrons. The highest BCUT2D eigenvalue weighted by Crippen LogP contribution is 2.26. The molecule has 5 heteroatoms. The van der Waals surface area contributed by atoms with E-state index in [1.165, 1.54) is 24.2 Å². The van der Waals surface area contributed by atoms with E-state index in [2.05, 4.69) is 9.97 Å². The lowest BCUT2D eigenvalue weighted by Gasteiger charge is -2.24. The van der Waals surface area contributed by atoms with Crippen LogP contribution in [0.5, 0.6) is 0 Å². The third-order valence-corrected chi connectivity index (χ3v) is 4.14. The molecule has 0 saturated heterocycles. The molecule has 0 atom stereocenters. The van der Waals surface area contributed by atoms with Crippen LogP contribution in [-0.4, -0.2) is 22.7 Å². The number of para-hydroxylation sites is 1. The van der Waals surface area contributed by atoms with Gasteiger partial charge in [0.1, 0.15) is 0 Å². The molecule has 0 unspecified atom stereocenters. The Bertz CT molecular complexity index is 573. The van der Waals surface area contributed by atoms with Crippen LogP contribution in [0.4, 0.5) is 16.3 Å². The number of carbonyl (C=O) groups is 1. The second-order valence-electron chi connectivity index (χ2n) is 5.82. The molecule has 2 aromatic rings. The maximum atomic E-state index is 12.6. The van der Waals surface area contributed by atoms with E-state index in [1.54, 1.807) is 18.6 Å². The number of anilines is 2. The highest BCUT2D eigenvalue weighted by atomic mass is 16.6. The van der Waals surface area contributed by atoms with Gasteiger partial charge in [-0.05, 0) is 30.9 Å². The first-order valence-electron chi connectivity index (χ1n) is 8.12. The summed E-state index contributed by atoms with van der Waals surface area (Å²) in [5, 5.41) is 0. The summed E-state index contributed by atoms with van der Waals surface area (Å²) in [7, 11) is 0. The van der Waals surface area contributed by atoms with Gasteiger partial charge < -0.3 is 4.74 Å². The topological polar surface area (TPSA) is 55.3 Å². The van der Waals surface area contributed by atoms with Crippen LogP contribution in [-0.2, 0) is 4.74 Å². The van der Waals surface area contributed by atoms with Gasteiger partial charge in [0.05, 0.1) is 18.5 Å². The number of nitrogens with zero attached hydrogens (tertiary/aromatic N) is 3. The van der Waals surface area contributed by atoms with Crippen LogP contribution in [0.15, 0.2) is 48.9 Å². The van der Waals surface area contributed by atoms with E-state index in [0.717, 1.165) is 18.5 Å². The third-order valence-electron chi connectivity index (χ3n) is 4.14. The fraction of sp³-hybridized carbons (Fsp3) is 0.389. The Kier molecular flexibility index (Phi) is 5.19. The molecular formula is C18H21N3O2. The lowest BCUT2D eigenvalue weighted by molar-refractivity contribution is 0.124. The predicted octanol–water partition coefficient (Wildman–Crippen LogP) is 4.33. The maximum Gasteiger partial charge on any atom is 0.420 e. The maximum absolute atomic E-state index is 12.6. The molecular weight excluding hydrogens is 290 g/mol. The van der Waals surface area contributed by atoms with Crippen LogP contribution in [0.2, 0.25) is 0 Å². The van der Waals surface area contributed by atoms with Crippen LogP contribution in [0, 0.1) is 5.92 Å². The zero-order chi connectivity index (χ0) is 15.9. The van der Waals surface area contributed by atoms with Gasteiger partial charge in [0.2, 0.25) is 0 Å². The Hall–Kier alpha value is -2.43. The summed E-state index contributed by atoms with van der Waals surface area (Å²) in [6.45, 7) is 0.475.